The summed E-state index contributed by atoms with van der Waals surface area (Å²) in [6.07, 6.45) is 2.37. The lowest BCUT2D eigenvalue weighted by atomic mass is 9.97. The van der Waals surface area contributed by atoms with Crippen molar-refractivity contribution in [1.29, 1.82) is 0 Å². The Labute approximate surface area is 140 Å². The van der Waals surface area contributed by atoms with E-state index in [1.807, 2.05) is 4.90 Å². The van der Waals surface area contributed by atoms with Gasteiger partial charge in [-0.3, -0.25) is 4.79 Å². The fourth-order valence-electron chi connectivity index (χ4n) is 3.66. The summed E-state index contributed by atoms with van der Waals surface area (Å²) >= 11 is 0. The van der Waals surface area contributed by atoms with Gasteiger partial charge in [0.2, 0.25) is 17.7 Å². The van der Waals surface area contributed by atoms with Crippen molar-refractivity contribution in [2.75, 3.05) is 19.7 Å². The van der Waals surface area contributed by atoms with Crippen LogP contribution in [0, 0.1) is 6.92 Å². The Kier molecular flexibility index (Phi) is 4.06. The van der Waals surface area contributed by atoms with Gasteiger partial charge in [0.25, 0.3) is 0 Å². The largest absolute Gasteiger partial charge is 0.423 e. The molecule has 6 heteroatoms. The molecular weight excluding hydrogens is 306 g/mol. The van der Waals surface area contributed by atoms with E-state index in [1.165, 1.54) is 11.1 Å². The number of fused-ring (bicyclic) bond motifs is 1. The number of rotatable bonds is 3. The molecule has 1 saturated heterocycles. The summed E-state index contributed by atoms with van der Waals surface area (Å²) < 4.78 is 11.1. The topological polar surface area (TPSA) is 68.5 Å². The first-order valence-corrected chi connectivity index (χ1v) is 8.48. The number of amides is 1. The zero-order valence-corrected chi connectivity index (χ0v) is 13.8. The van der Waals surface area contributed by atoms with Gasteiger partial charge in [0.05, 0.1) is 13.2 Å². The van der Waals surface area contributed by atoms with Gasteiger partial charge < -0.3 is 14.1 Å². The highest BCUT2D eigenvalue weighted by Gasteiger charge is 2.31. The fraction of sp³-hybridized carbons (Fsp3) is 0.500. The Balaban J connectivity index is 1.41. The van der Waals surface area contributed by atoms with Crippen LogP contribution in [-0.2, 0) is 16.0 Å². The third kappa shape index (κ3) is 2.94. The van der Waals surface area contributed by atoms with Crippen LogP contribution in [0.25, 0.3) is 0 Å². The maximum Gasteiger partial charge on any atom is 0.246 e. The molecule has 1 aliphatic heterocycles. The van der Waals surface area contributed by atoms with Crippen molar-refractivity contribution in [2.45, 2.75) is 38.2 Å². The van der Waals surface area contributed by atoms with Gasteiger partial charge in [-0.05, 0) is 29.9 Å². The van der Waals surface area contributed by atoms with E-state index < -0.39 is 0 Å². The Hall–Kier alpha value is -2.21. The number of hydrogen-bond donors (Lipinski definition) is 0. The van der Waals surface area contributed by atoms with Gasteiger partial charge in [0, 0.05) is 19.9 Å². The quantitative estimate of drug-likeness (QED) is 0.866. The highest BCUT2D eigenvalue weighted by atomic mass is 16.5. The first-order valence-electron chi connectivity index (χ1n) is 8.48. The summed E-state index contributed by atoms with van der Waals surface area (Å²) in [7, 11) is 0. The first-order chi connectivity index (χ1) is 11.7. The molecule has 6 nitrogen and oxygen atoms in total. The number of carbonyl (C=O) groups is 1. The van der Waals surface area contributed by atoms with Gasteiger partial charge in [-0.1, -0.05) is 24.3 Å². The third-order valence-electron chi connectivity index (χ3n) is 4.91. The molecule has 1 aliphatic carbocycles. The number of hydrogen-bond acceptors (Lipinski definition) is 5. The first kappa shape index (κ1) is 15.3. The van der Waals surface area contributed by atoms with E-state index in [4.69, 9.17) is 9.15 Å². The van der Waals surface area contributed by atoms with Crippen LogP contribution in [0.3, 0.4) is 0 Å². The van der Waals surface area contributed by atoms with Crippen LogP contribution >= 0.6 is 0 Å². The molecule has 4 rings (SSSR count). The second-order valence-electron chi connectivity index (χ2n) is 6.50. The van der Waals surface area contributed by atoms with Crippen molar-refractivity contribution in [2.24, 2.45) is 0 Å². The van der Waals surface area contributed by atoms with Crippen LogP contribution in [0.2, 0.25) is 0 Å². The average molecular weight is 327 g/mol. The number of aryl methyl sites for hydroxylation is 2. The molecule has 24 heavy (non-hydrogen) atoms. The molecule has 1 fully saturated rings. The van der Waals surface area contributed by atoms with Crippen LogP contribution < -0.4 is 0 Å². The molecule has 0 bridgehead atoms. The van der Waals surface area contributed by atoms with Gasteiger partial charge >= 0.3 is 0 Å². The van der Waals surface area contributed by atoms with E-state index in [-0.39, 0.29) is 12.0 Å². The summed E-state index contributed by atoms with van der Waals surface area (Å²) in [5.41, 5.74) is 2.72. The molecule has 0 unspecified atom stereocenters. The minimum absolute atomic E-state index is 0.182. The van der Waals surface area contributed by atoms with E-state index in [2.05, 4.69) is 34.5 Å². The van der Waals surface area contributed by atoms with Crippen LogP contribution in [0.5, 0.6) is 0 Å². The minimum atomic E-state index is -0.320. The van der Waals surface area contributed by atoms with E-state index in [1.54, 1.807) is 6.92 Å². The van der Waals surface area contributed by atoms with Crippen molar-refractivity contribution in [3.63, 3.8) is 0 Å². The molecule has 2 atom stereocenters. The molecule has 0 radical (unpaired) electrons. The number of aromatic nitrogens is 2. The molecule has 2 heterocycles. The number of benzene rings is 1. The Morgan fingerprint density at radius 2 is 2.21 bits per heavy atom. The summed E-state index contributed by atoms with van der Waals surface area (Å²) in [6, 6.07) is 8.46. The van der Waals surface area contributed by atoms with Crippen molar-refractivity contribution < 1.29 is 13.9 Å². The summed E-state index contributed by atoms with van der Waals surface area (Å²) in [6.45, 7) is 3.35. The standard InChI is InChI=1S/C18H21N3O3/c1-12-19-20-18(24-12)16-11-21(8-9-23-16)17(22)10-14-7-6-13-4-2-3-5-15(13)14/h2-5,14,16H,6-11H2,1H3/t14-,16-/m0/s1. The smallest absolute Gasteiger partial charge is 0.246 e. The SMILES string of the molecule is Cc1nnc([C@@H]2CN(C(=O)C[C@@H]3CCc4ccccc43)CCO2)o1. The lowest BCUT2D eigenvalue weighted by Crippen LogP contribution is -2.42. The molecule has 0 saturated carbocycles. The molecule has 0 spiro atoms. The molecule has 126 valence electrons. The molecule has 1 aromatic heterocycles. The predicted octanol–water partition coefficient (Wildman–Crippen LogP) is 2.40. The molecule has 2 aliphatic rings. The molecule has 2 aromatic rings. The monoisotopic (exact) mass is 327 g/mol. The lowest BCUT2D eigenvalue weighted by Gasteiger charge is -2.32. The second-order valence-corrected chi connectivity index (χ2v) is 6.50. The average Bonchev–Trinajstić information content (AvgIpc) is 3.22. The Morgan fingerprint density at radius 1 is 1.33 bits per heavy atom. The van der Waals surface area contributed by atoms with Crippen LogP contribution in [-0.4, -0.2) is 40.7 Å². The third-order valence-corrected chi connectivity index (χ3v) is 4.91. The second kappa shape index (κ2) is 6.36. The van der Waals surface area contributed by atoms with Crippen molar-refractivity contribution in [1.82, 2.24) is 15.1 Å². The normalized spacial score (nSPS) is 23.3. The lowest BCUT2D eigenvalue weighted by molar-refractivity contribution is -0.140. The highest BCUT2D eigenvalue weighted by Crippen LogP contribution is 2.36. The summed E-state index contributed by atoms with van der Waals surface area (Å²) in [4.78, 5) is 14.6. The molecule has 1 amide bonds. The van der Waals surface area contributed by atoms with Gasteiger partial charge in [0.15, 0.2) is 6.10 Å². The number of nitrogens with zero attached hydrogens (tertiary/aromatic N) is 3. The van der Waals surface area contributed by atoms with Crippen LogP contribution in [0.4, 0.5) is 0 Å². The van der Waals surface area contributed by atoms with Gasteiger partial charge in [0.1, 0.15) is 0 Å². The van der Waals surface area contributed by atoms with Crippen LogP contribution in [0.1, 0.15) is 47.8 Å². The molecular formula is C18H21N3O3. The summed E-state index contributed by atoms with van der Waals surface area (Å²) in [5, 5.41) is 7.86. The van der Waals surface area contributed by atoms with Gasteiger partial charge in [-0.25, -0.2) is 0 Å². The molecule has 0 N–H and O–H groups in total. The Bertz CT molecular complexity index is 743. The zero-order chi connectivity index (χ0) is 16.5. The molecule has 1 aromatic carbocycles. The van der Waals surface area contributed by atoms with Crippen molar-refractivity contribution in [3.8, 4) is 0 Å². The van der Waals surface area contributed by atoms with E-state index in [0.717, 1.165) is 12.8 Å². The van der Waals surface area contributed by atoms with E-state index >= 15 is 0 Å². The van der Waals surface area contributed by atoms with Crippen LogP contribution in [0.15, 0.2) is 28.7 Å². The number of carbonyl (C=O) groups excluding carboxylic acids is 1. The Morgan fingerprint density at radius 3 is 3.04 bits per heavy atom. The highest BCUT2D eigenvalue weighted by molar-refractivity contribution is 5.77. The number of morpholine rings is 1. The fourth-order valence-corrected chi connectivity index (χ4v) is 3.66. The number of ether oxygens (including phenoxy) is 1. The predicted molar refractivity (Wildman–Crippen MR) is 86.4 cm³/mol. The van der Waals surface area contributed by atoms with E-state index in [0.29, 0.717) is 43.8 Å². The maximum absolute atomic E-state index is 12.7. The van der Waals surface area contributed by atoms with Crippen molar-refractivity contribution >= 4 is 5.91 Å². The summed E-state index contributed by atoms with van der Waals surface area (Å²) in [5.74, 6) is 1.48. The maximum atomic E-state index is 12.7. The zero-order valence-electron chi connectivity index (χ0n) is 13.8. The van der Waals surface area contributed by atoms with E-state index in [9.17, 15) is 4.79 Å². The minimum Gasteiger partial charge on any atom is -0.423 e. The van der Waals surface area contributed by atoms with Crippen molar-refractivity contribution in [3.05, 3.63) is 47.2 Å². The van der Waals surface area contributed by atoms with Gasteiger partial charge in [-0.15, -0.1) is 10.2 Å². The van der Waals surface area contributed by atoms with Gasteiger partial charge in [-0.2, -0.15) is 0 Å².